The fourth-order valence-corrected chi connectivity index (χ4v) is 0.909. The predicted octanol–water partition coefficient (Wildman–Crippen LogP) is 1.03. The molecule has 0 bridgehead atoms. The van der Waals surface area contributed by atoms with E-state index in [2.05, 4.69) is 4.74 Å². The molecule has 0 heterocycles. The van der Waals surface area contributed by atoms with E-state index in [9.17, 15) is 9.50 Å². The number of aromatic hydroxyl groups is 1. The van der Waals surface area contributed by atoms with Crippen molar-refractivity contribution in [3.8, 4) is 11.5 Å². The first-order chi connectivity index (χ1) is 5.70. The highest BCUT2D eigenvalue weighted by Gasteiger charge is 2.11. The summed E-state index contributed by atoms with van der Waals surface area (Å²) in [5.41, 5.74) is 0.244. The second-order valence-electron chi connectivity index (χ2n) is 2.25. The molecule has 2 N–H and O–H groups in total. The van der Waals surface area contributed by atoms with Crippen molar-refractivity contribution in [2.75, 3.05) is 7.11 Å². The maximum absolute atomic E-state index is 12.8. The number of hydrogen-bond acceptors (Lipinski definition) is 3. The number of phenols is 1. The summed E-state index contributed by atoms with van der Waals surface area (Å²) in [6, 6.07) is 2.43. The first kappa shape index (κ1) is 8.80. The van der Waals surface area contributed by atoms with Gasteiger partial charge in [0.05, 0.1) is 13.7 Å². The summed E-state index contributed by atoms with van der Waals surface area (Å²) in [5, 5.41) is 17.9. The summed E-state index contributed by atoms with van der Waals surface area (Å²) in [5.74, 6) is -1.23. The van der Waals surface area contributed by atoms with Gasteiger partial charge in [-0.25, -0.2) is 4.39 Å². The molecule has 0 aliphatic carbocycles. The van der Waals surface area contributed by atoms with Gasteiger partial charge in [0.1, 0.15) is 0 Å². The second kappa shape index (κ2) is 3.40. The third kappa shape index (κ3) is 1.33. The van der Waals surface area contributed by atoms with E-state index < -0.39 is 5.82 Å². The Hall–Kier alpha value is -1.29. The summed E-state index contributed by atoms with van der Waals surface area (Å²) < 4.78 is 17.4. The van der Waals surface area contributed by atoms with Crippen LogP contribution in [0.4, 0.5) is 4.39 Å². The molecular weight excluding hydrogens is 163 g/mol. The maximum atomic E-state index is 12.8. The molecule has 3 nitrogen and oxygen atoms in total. The number of benzene rings is 1. The highest BCUT2D eigenvalue weighted by atomic mass is 19.1. The number of halogens is 1. The number of methoxy groups -OCH3 is 1. The molecule has 1 aromatic rings. The molecule has 12 heavy (non-hydrogen) atoms. The Morgan fingerprint density at radius 2 is 2.17 bits per heavy atom. The van der Waals surface area contributed by atoms with Crippen LogP contribution in [0.1, 0.15) is 5.56 Å². The van der Waals surface area contributed by atoms with Gasteiger partial charge in [-0.05, 0) is 12.1 Å². The summed E-state index contributed by atoms with van der Waals surface area (Å²) in [4.78, 5) is 0. The van der Waals surface area contributed by atoms with Crippen molar-refractivity contribution in [1.82, 2.24) is 0 Å². The van der Waals surface area contributed by atoms with Gasteiger partial charge in [-0.15, -0.1) is 0 Å². The molecule has 66 valence electrons. The zero-order chi connectivity index (χ0) is 9.14. The Morgan fingerprint density at radius 1 is 1.50 bits per heavy atom. The van der Waals surface area contributed by atoms with Crippen LogP contribution >= 0.6 is 0 Å². The van der Waals surface area contributed by atoms with Gasteiger partial charge in [-0.2, -0.15) is 0 Å². The third-order valence-electron chi connectivity index (χ3n) is 1.54. The molecule has 0 atom stereocenters. The van der Waals surface area contributed by atoms with Gasteiger partial charge < -0.3 is 14.9 Å². The summed E-state index contributed by atoms with van der Waals surface area (Å²) in [7, 11) is 1.25. The van der Waals surface area contributed by atoms with Crippen LogP contribution in [0.15, 0.2) is 12.1 Å². The molecule has 0 amide bonds. The van der Waals surface area contributed by atoms with Crippen LogP contribution in [0.3, 0.4) is 0 Å². The molecule has 0 saturated heterocycles. The van der Waals surface area contributed by atoms with Gasteiger partial charge in [-0.3, -0.25) is 0 Å². The molecule has 0 radical (unpaired) electrons. The van der Waals surface area contributed by atoms with E-state index in [1.165, 1.54) is 13.2 Å². The van der Waals surface area contributed by atoms with Gasteiger partial charge in [0.25, 0.3) is 0 Å². The lowest BCUT2D eigenvalue weighted by Gasteiger charge is -2.07. The van der Waals surface area contributed by atoms with E-state index in [0.29, 0.717) is 0 Å². The van der Waals surface area contributed by atoms with Gasteiger partial charge >= 0.3 is 0 Å². The van der Waals surface area contributed by atoms with Crippen LogP contribution in [0.2, 0.25) is 0 Å². The van der Waals surface area contributed by atoms with Crippen LogP contribution in [0.5, 0.6) is 11.5 Å². The topological polar surface area (TPSA) is 49.7 Å². The van der Waals surface area contributed by atoms with Crippen molar-refractivity contribution in [1.29, 1.82) is 0 Å². The smallest absolute Gasteiger partial charge is 0.196 e. The van der Waals surface area contributed by atoms with Gasteiger partial charge in [0, 0.05) is 5.56 Å². The van der Waals surface area contributed by atoms with Crippen LogP contribution < -0.4 is 4.74 Å². The lowest BCUT2D eigenvalue weighted by molar-refractivity contribution is 0.270. The van der Waals surface area contributed by atoms with E-state index in [-0.39, 0.29) is 23.7 Å². The Kier molecular flexibility index (Phi) is 2.50. The molecule has 0 aliphatic rings. The highest BCUT2D eigenvalue weighted by Crippen LogP contribution is 2.32. The largest absolute Gasteiger partial charge is 0.504 e. The van der Waals surface area contributed by atoms with E-state index in [1.54, 1.807) is 0 Å². The van der Waals surface area contributed by atoms with Crippen LogP contribution in [-0.2, 0) is 6.61 Å². The Morgan fingerprint density at radius 3 is 2.67 bits per heavy atom. The number of ether oxygens (including phenoxy) is 1. The van der Waals surface area contributed by atoms with Crippen LogP contribution in [0.25, 0.3) is 0 Å². The van der Waals surface area contributed by atoms with Crippen molar-refractivity contribution in [2.45, 2.75) is 6.61 Å². The number of hydrogen-bond donors (Lipinski definition) is 2. The highest BCUT2D eigenvalue weighted by molar-refractivity contribution is 5.46. The fourth-order valence-electron chi connectivity index (χ4n) is 0.909. The standard InChI is InChI=1S/C8H9FO3/c1-12-8-6(9)3-2-5(4-10)7(8)11/h2-3,10-11H,4H2,1H3. The van der Waals surface area contributed by atoms with E-state index in [1.807, 2.05) is 0 Å². The van der Waals surface area contributed by atoms with Crippen molar-refractivity contribution < 1.29 is 19.3 Å². The lowest BCUT2D eigenvalue weighted by atomic mass is 10.2. The molecule has 0 fully saturated rings. The Labute approximate surface area is 69.0 Å². The zero-order valence-corrected chi connectivity index (χ0v) is 6.54. The molecule has 1 rings (SSSR count). The minimum Gasteiger partial charge on any atom is -0.504 e. The molecule has 1 aromatic carbocycles. The average molecular weight is 172 g/mol. The summed E-state index contributed by atoms with van der Waals surface area (Å²) in [6.45, 7) is -0.345. The van der Waals surface area contributed by atoms with Crippen LogP contribution in [0, 0.1) is 5.82 Å². The lowest BCUT2D eigenvalue weighted by Crippen LogP contribution is -1.92. The van der Waals surface area contributed by atoms with Gasteiger partial charge in [-0.1, -0.05) is 0 Å². The van der Waals surface area contributed by atoms with Crippen molar-refractivity contribution in [3.05, 3.63) is 23.5 Å². The van der Waals surface area contributed by atoms with Crippen LogP contribution in [-0.4, -0.2) is 17.3 Å². The first-order valence-electron chi connectivity index (χ1n) is 3.36. The molecule has 0 unspecified atom stereocenters. The van der Waals surface area contributed by atoms with E-state index in [4.69, 9.17) is 5.11 Å². The molecule has 0 spiro atoms. The number of aliphatic hydroxyl groups is 1. The Bertz CT molecular complexity index is 286. The molecule has 0 aromatic heterocycles. The number of aliphatic hydroxyl groups excluding tert-OH is 1. The molecule has 4 heteroatoms. The monoisotopic (exact) mass is 172 g/mol. The third-order valence-corrected chi connectivity index (χ3v) is 1.54. The Balaban J connectivity index is 3.24. The van der Waals surface area contributed by atoms with Gasteiger partial charge in [0.2, 0.25) is 0 Å². The summed E-state index contributed by atoms with van der Waals surface area (Å²) in [6.07, 6.45) is 0. The molecule has 0 saturated carbocycles. The van der Waals surface area contributed by atoms with Crippen molar-refractivity contribution >= 4 is 0 Å². The van der Waals surface area contributed by atoms with Crippen molar-refractivity contribution in [3.63, 3.8) is 0 Å². The van der Waals surface area contributed by atoms with E-state index >= 15 is 0 Å². The van der Waals surface area contributed by atoms with E-state index in [0.717, 1.165) is 6.07 Å². The second-order valence-corrected chi connectivity index (χ2v) is 2.25. The minimum absolute atomic E-state index is 0.235. The average Bonchev–Trinajstić information content (AvgIpc) is 2.06. The maximum Gasteiger partial charge on any atom is 0.196 e. The first-order valence-corrected chi connectivity index (χ1v) is 3.36. The number of rotatable bonds is 2. The molecular formula is C8H9FO3. The zero-order valence-electron chi connectivity index (χ0n) is 6.54. The van der Waals surface area contributed by atoms with Gasteiger partial charge in [0.15, 0.2) is 17.3 Å². The minimum atomic E-state index is -0.646. The van der Waals surface area contributed by atoms with Crippen molar-refractivity contribution in [2.24, 2.45) is 0 Å². The SMILES string of the molecule is COc1c(F)ccc(CO)c1O. The fraction of sp³-hybridized carbons (Fsp3) is 0.250. The molecule has 0 aliphatic heterocycles. The normalized spacial score (nSPS) is 9.92. The quantitative estimate of drug-likeness (QED) is 0.700. The summed E-state index contributed by atoms with van der Waals surface area (Å²) >= 11 is 0. The predicted molar refractivity (Wildman–Crippen MR) is 40.5 cm³/mol.